The van der Waals surface area contributed by atoms with Gasteiger partial charge in [0.25, 0.3) is 0 Å². The van der Waals surface area contributed by atoms with E-state index in [9.17, 15) is 4.79 Å². The van der Waals surface area contributed by atoms with Crippen LogP contribution in [0.5, 0.6) is 11.5 Å². The van der Waals surface area contributed by atoms with E-state index in [1.54, 1.807) is 14.2 Å². The van der Waals surface area contributed by atoms with Crippen LogP contribution < -0.4 is 20.5 Å². The van der Waals surface area contributed by atoms with Crippen LogP contribution in [-0.2, 0) is 16.1 Å². The number of nitrogens with two attached hydrogens (primary N) is 1. The number of hydrogen-bond acceptors (Lipinski definition) is 5. The molecule has 7 nitrogen and oxygen atoms in total. The van der Waals surface area contributed by atoms with Crippen LogP contribution in [0.1, 0.15) is 31.2 Å². The first-order valence-electron chi connectivity index (χ1n) is 7.92. The number of carbonyl (C=O) groups is 1. The molecule has 0 heterocycles. The Morgan fingerprint density at radius 1 is 1.12 bits per heavy atom. The molecule has 0 bridgehead atoms. The summed E-state index contributed by atoms with van der Waals surface area (Å²) in [6.45, 7) is 1.18. The monoisotopic (exact) mass is 337 g/mol. The fraction of sp³-hybridized carbons (Fsp3) is 0.529. The van der Waals surface area contributed by atoms with Crippen molar-refractivity contribution in [2.45, 2.75) is 32.2 Å². The second-order valence-corrected chi connectivity index (χ2v) is 5.20. The van der Waals surface area contributed by atoms with Gasteiger partial charge in [-0.15, -0.1) is 0 Å². The van der Waals surface area contributed by atoms with Crippen molar-refractivity contribution in [1.29, 1.82) is 0 Å². The van der Waals surface area contributed by atoms with Crippen molar-refractivity contribution in [3.63, 3.8) is 0 Å². The number of rotatable bonds is 10. The van der Waals surface area contributed by atoms with E-state index >= 15 is 0 Å². The van der Waals surface area contributed by atoms with Gasteiger partial charge in [-0.2, -0.15) is 0 Å². The Morgan fingerprint density at radius 3 is 2.54 bits per heavy atom. The van der Waals surface area contributed by atoms with Gasteiger partial charge in [0.05, 0.1) is 27.9 Å². The first-order chi connectivity index (χ1) is 11.6. The molecular weight excluding hydrogens is 310 g/mol. The van der Waals surface area contributed by atoms with Gasteiger partial charge >= 0.3 is 5.97 Å². The largest absolute Gasteiger partial charge is 0.493 e. The minimum atomic E-state index is -0.168. The molecule has 0 saturated carbocycles. The normalized spacial score (nSPS) is 11.0. The lowest BCUT2D eigenvalue weighted by atomic mass is 10.2. The topological polar surface area (TPSA) is 95.2 Å². The summed E-state index contributed by atoms with van der Waals surface area (Å²) in [5.41, 5.74) is 6.82. The number of guanidine groups is 1. The van der Waals surface area contributed by atoms with Gasteiger partial charge in [-0.3, -0.25) is 4.79 Å². The van der Waals surface area contributed by atoms with Crippen LogP contribution in [0.2, 0.25) is 0 Å². The average Bonchev–Trinajstić information content (AvgIpc) is 2.62. The van der Waals surface area contributed by atoms with E-state index in [1.165, 1.54) is 7.11 Å². The number of nitrogens with zero attached hydrogens (tertiary/aromatic N) is 1. The highest BCUT2D eigenvalue weighted by Gasteiger charge is 2.04. The first-order valence-corrected chi connectivity index (χ1v) is 7.92. The third kappa shape index (κ3) is 7.21. The zero-order valence-electron chi connectivity index (χ0n) is 14.6. The number of hydrogen-bond donors (Lipinski definition) is 2. The minimum absolute atomic E-state index is 0.168. The van der Waals surface area contributed by atoms with Crippen LogP contribution in [0.15, 0.2) is 23.2 Å². The molecule has 7 heteroatoms. The number of benzene rings is 1. The number of ether oxygens (including phenoxy) is 3. The van der Waals surface area contributed by atoms with E-state index in [4.69, 9.17) is 15.2 Å². The molecule has 24 heavy (non-hydrogen) atoms. The molecule has 0 fully saturated rings. The van der Waals surface area contributed by atoms with Gasteiger partial charge in [0.15, 0.2) is 17.5 Å². The summed E-state index contributed by atoms with van der Waals surface area (Å²) in [5.74, 6) is 1.59. The molecule has 0 saturated heterocycles. The summed E-state index contributed by atoms with van der Waals surface area (Å²) >= 11 is 0. The Labute approximate surface area is 143 Å². The molecule has 0 aromatic heterocycles. The Balaban J connectivity index is 2.30. The maximum Gasteiger partial charge on any atom is 0.305 e. The number of nitrogens with one attached hydrogen (secondary N) is 1. The van der Waals surface area contributed by atoms with Gasteiger partial charge in [0.2, 0.25) is 0 Å². The van der Waals surface area contributed by atoms with Crippen LogP contribution in [-0.4, -0.2) is 39.8 Å². The molecule has 0 spiro atoms. The minimum Gasteiger partial charge on any atom is -0.493 e. The molecule has 1 aromatic rings. The Bertz CT molecular complexity index is 547. The van der Waals surface area contributed by atoms with Crippen molar-refractivity contribution in [3.8, 4) is 11.5 Å². The molecule has 0 amide bonds. The molecule has 0 unspecified atom stereocenters. The second kappa shape index (κ2) is 11.2. The van der Waals surface area contributed by atoms with Gasteiger partial charge in [-0.25, -0.2) is 4.99 Å². The molecular formula is C17H27N3O4. The average molecular weight is 337 g/mol. The Morgan fingerprint density at radius 2 is 1.88 bits per heavy atom. The van der Waals surface area contributed by atoms with E-state index in [1.807, 2.05) is 18.2 Å². The number of methoxy groups -OCH3 is 3. The van der Waals surface area contributed by atoms with E-state index in [2.05, 4.69) is 15.0 Å². The fourth-order valence-electron chi connectivity index (χ4n) is 2.10. The zero-order valence-corrected chi connectivity index (χ0v) is 14.6. The van der Waals surface area contributed by atoms with Gasteiger partial charge < -0.3 is 25.3 Å². The summed E-state index contributed by atoms with van der Waals surface area (Å²) in [7, 11) is 4.60. The number of carbonyl (C=O) groups excluding carboxylic acids is 1. The quantitative estimate of drug-likeness (QED) is 0.293. The lowest BCUT2D eigenvalue weighted by molar-refractivity contribution is -0.140. The fourth-order valence-corrected chi connectivity index (χ4v) is 2.10. The zero-order chi connectivity index (χ0) is 17.8. The Hall–Kier alpha value is -2.44. The highest BCUT2D eigenvalue weighted by Crippen LogP contribution is 2.27. The van der Waals surface area contributed by atoms with Crippen molar-refractivity contribution < 1.29 is 19.0 Å². The molecule has 3 N–H and O–H groups in total. The SMILES string of the molecule is COC(=O)CCCCCNC(N)=NCc1ccc(OC)c(OC)c1. The van der Waals surface area contributed by atoms with E-state index < -0.39 is 0 Å². The summed E-state index contributed by atoms with van der Waals surface area (Å²) < 4.78 is 15.0. The molecule has 0 aliphatic carbocycles. The van der Waals surface area contributed by atoms with Gasteiger partial charge in [0, 0.05) is 13.0 Å². The standard InChI is InChI=1S/C17H27N3O4/c1-22-14-9-8-13(11-15(14)23-2)12-20-17(18)19-10-6-4-5-7-16(21)24-3/h8-9,11H,4-7,10,12H2,1-3H3,(H3,18,19,20). The van der Waals surface area contributed by atoms with Crippen LogP contribution in [0.4, 0.5) is 0 Å². The van der Waals surface area contributed by atoms with Crippen molar-refractivity contribution in [1.82, 2.24) is 5.32 Å². The van der Waals surface area contributed by atoms with Crippen LogP contribution in [0, 0.1) is 0 Å². The van der Waals surface area contributed by atoms with Crippen LogP contribution in [0.3, 0.4) is 0 Å². The Kier molecular flexibility index (Phi) is 9.11. The third-order valence-electron chi connectivity index (χ3n) is 3.47. The summed E-state index contributed by atoms with van der Waals surface area (Å²) in [5, 5.41) is 3.06. The van der Waals surface area contributed by atoms with E-state index in [-0.39, 0.29) is 5.97 Å². The van der Waals surface area contributed by atoms with E-state index in [0.717, 1.165) is 31.4 Å². The lowest BCUT2D eigenvalue weighted by Gasteiger charge is -2.09. The van der Waals surface area contributed by atoms with Crippen molar-refractivity contribution in [2.24, 2.45) is 10.7 Å². The second-order valence-electron chi connectivity index (χ2n) is 5.20. The number of aliphatic imine (C=N–C) groups is 1. The smallest absolute Gasteiger partial charge is 0.305 e. The molecule has 1 rings (SSSR count). The predicted molar refractivity (Wildman–Crippen MR) is 93.4 cm³/mol. The maximum atomic E-state index is 11.0. The van der Waals surface area contributed by atoms with Crippen LogP contribution >= 0.6 is 0 Å². The molecule has 0 radical (unpaired) electrons. The van der Waals surface area contributed by atoms with Crippen molar-refractivity contribution in [3.05, 3.63) is 23.8 Å². The van der Waals surface area contributed by atoms with Crippen molar-refractivity contribution in [2.75, 3.05) is 27.9 Å². The summed E-state index contributed by atoms with van der Waals surface area (Å²) in [4.78, 5) is 15.3. The van der Waals surface area contributed by atoms with E-state index in [0.29, 0.717) is 30.4 Å². The van der Waals surface area contributed by atoms with Gasteiger partial charge in [-0.05, 0) is 30.5 Å². The maximum absolute atomic E-state index is 11.0. The molecule has 134 valence electrons. The molecule has 0 atom stereocenters. The predicted octanol–water partition coefficient (Wildman–Crippen LogP) is 1.84. The highest BCUT2D eigenvalue weighted by molar-refractivity contribution is 5.77. The lowest BCUT2D eigenvalue weighted by Crippen LogP contribution is -2.32. The third-order valence-corrected chi connectivity index (χ3v) is 3.47. The van der Waals surface area contributed by atoms with Gasteiger partial charge in [-0.1, -0.05) is 12.5 Å². The molecule has 1 aromatic carbocycles. The van der Waals surface area contributed by atoms with Crippen LogP contribution in [0.25, 0.3) is 0 Å². The summed E-state index contributed by atoms with van der Waals surface area (Å²) in [6, 6.07) is 5.64. The first kappa shape index (κ1) is 19.6. The molecule has 0 aliphatic heterocycles. The highest BCUT2D eigenvalue weighted by atomic mass is 16.5. The number of esters is 1. The van der Waals surface area contributed by atoms with Crippen molar-refractivity contribution >= 4 is 11.9 Å². The number of unbranched alkanes of at least 4 members (excludes halogenated alkanes) is 2. The van der Waals surface area contributed by atoms with Gasteiger partial charge in [0.1, 0.15) is 0 Å². The summed E-state index contributed by atoms with van der Waals surface area (Å²) in [6.07, 6.45) is 3.13. The molecule has 0 aliphatic rings.